The summed E-state index contributed by atoms with van der Waals surface area (Å²) in [5.74, 6) is 0.841. The van der Waals surface area contributed by atoms with Gasteiger partial charge in [-0.1, -0.05) is 34.1 Å². The summed E-state index contributed by atoms with van der Waals surface area (Å²) in [6, 6.07) is 0. The van der Waals surface area contributed by atoms with Crippen molar-refractivity contribution in [2.75, 3.05) is 6.54 Å². The van der Waals surface area contributed by atoms with Gasteiger partial charge in [0.05, 0.1) is 5.54 Å². The van der Waals surface area contributed by atoms with E-state index in [9.17, 15) is 0 Å². The Morgan fingerprint density at radius 3 is 2.74 bits per heavy atom. The molecule has 2 atom stereocenters. The first-order chi connectivity index (χ1) is 8.98. The lowest BCUT2D eigenvalue weighted by Crippen LogP contribution is -2.42. The van der Waals surface area contributed by atoms with E-state index < -0.39 is 0 Å². The van der Waals surface area contributed by atoms with Crippen molar-refractivity contribution in [1.82, 2.24) is 10.3 Å². The summed E-state index contributed by atoms with van der Waals surface area (Å²) in [7, 11) is 0. The molecule has 108 valence electrons. The lowest BCUT2D eigenvalue weighted by atomic mass is 9.76. The van der Waals surface area contributed by atoms with E-state index in [1.807, 2.05) is 17.5 Å². The predicted octanol–water partition coefficient (Wildman–Crippen LogP) is 4.57. The Morgan fingerprint density at radius 1 is 1.37 bits per heavy atom. The fourth-order valence-electron chi connectivity index (χ4n) is 3.47. The molecular weight excluding hydrogens is 252 g/mol. The summed E-state index contributed by atoms with van der Waals surface area (Å²) in [4.78, 5) is 4.62. The normalized spacial score (nSPS) is 29.2. The molecule has 1 N–H and O–H groups in total. The van der Waals surface area contributed by atoms with Crippen LogP contribution in [0, 0.1) is 11.3 Å². The average molecular weight is 280 g/mol. The molecule has 0 spiro atoms. The van der Waals surface area contributed by atoms with Gasteiger partial charge in [0, 0.05) is 11.6 Å². The molecule has 0 radical (unpaired) electrons. The van der Waals surface area contributed by atoms with E-state index in [0.29, 0.717) is 5.41 Å². The van der Waals surface area contributed by atoms with Crippen LogP contribution < -0.4 is 5.32 Å². The van der Waals surface area contributed by atoms with Crippen molar-refractivity contribution in [2.24, 2.45) is 11.3 Å². The fourth-order valence-corrected chi connectivity index (χ4v) is 4.34. The maximum atomic E-state index is 4.62. The maximum Gasteiger partial charge on any atom is 0.113 e. The zero-order valence-corrected chi connectivity index (χ0v) is 13.6. The molecule has 1 aliphatic rings. The van der Waals surface area contributed by atoms with Crippen molar-refractivity contribution < 1.29 is 0 Å². The highest BCUT2D eigenvalue weighted by molar-refractivity contribution is 7.09. The van der Waals surface area contributed by atoms with Crippen molar-refractivity contribution in [3.8, 4) is 0 Å². The van der Waals surface area contributed by atoms with Crippen LogP contribution in [0.5, 0.6) is 0 Å². The third-order valence-electron chi connectivity index (χ3n) is 4.66. The van der Waals surface area contributed by atoms with Crippen LogP contribution in [0.15, 0.2) is 11.6 Å². The Kier molecular flexibility index (Phi) is 4.67. The van der Waals surface area contributed by atoms with Gasteiger partial charge in [-0.3, -0.25) is 0 Å². The van der Waals surface area contributed by atoms with Gasteiger partial charge >= 0.3 is 0 Å². The number of hydrogen-bond donors (Lipinski definition) is 1. The predicted molar refractivity (Wildman–Crippen MR) is 83.5 cm³/mol. The Balaban J connectivity index is 2.18. The van der Waals surface area contributed by atoms with Gasteiger partial charge in [0.25, 0.3) is 0 Å². The number of nitrogens with zero attached hydrogens (tertiary/aromatic N) is 1. The van der Waals surface area contributed by atoms with E-state index in [0.717, 1.165) is 12.5 Å². The maximum absolute atomic E-state index is 4.62. The van der Waals surface area contributed by atoms with E-state index in [1.54, 1.807) is 0 Å². The van der Waals surface area contributed by atoms with Gasteiger partial charge in [-0.2, -0.15) is 0 Å². The van der Waals surface area contributed by atoms with Gasteiger partial charge in [0.15, 0.2) is 0 Å². The average Bonchev–Trinajstić information content (AvgIpc) is 2.78. The van der Waals surface area contributed by atoms with Crippen LogP contribution in [-0.4, -0.2) is 11.5 Å². The standard InChI is InChI=1S/C16H28N2S/c1-5-18-16(14-17-11-12-19-14)9-6-7-13(8-10-16)15(2,3)4/h11-13,18H,5-10H2,1-4H3. The largest absolute Gasteiger partial charge is 0.306 e. The first-order valence-corrected chi connectivity index (χ1v) is 8.51. The minimum absolute atomic E-state index is 0.142. The molecule has 2 unspecified atom stereocenters. The Labute approximate surface area is 122 Å². The first kappa shape index (κ1) is 15.0. The summed E-state index contributed by atoms with van der Waals surface area (Å²) >= 11 is 1.81. The molecule has 1 fully saturated rings. The summed E-state index contributed by atoms with van der Waals surface area (Å²) in [5, 5.41) is 7.17. The van der Waals surface area contributed by atoms with Crippen molar-refractivity contribution in [2.45, 2.75) is 65.3 Å². The van der Waals surface area contributed by atoms with Crippen LogP contribution in [0.1, 0.15) is 64.8 Å². The number of rotatable bonds is 3. The molecule has 19 heavy (non-hydrogen) atoms. The van der Waals surface area contributed by atoms with E-state index in [1.165, 1.54) is 37.1 Å². The lowest BCUT2D eigenvalue weighted by Gasteiger charge is -2.33. The number of hydrogen-bond acceptors (Lipinski definition) is 3. The van der Waals surface area contributed by atoms with Gasteiger partial charge in [-0.05, 0) is 43.6 Å². The highest BCUT2D eigenvalue weighted by atomic mass is 32.1. The second-order valence-corrected chi connectivity index (χ2v) is 7.84. The molecule has 0 aliphatic heterocycles. The second kappa shape index (κ2) is 5.92. The second-order valence-electron chi connectivity index (χ2n) is 6.94. The Hall–Kier alpha value is -0.410. The summed E-state index contributed by atoms with van der Waals surface area (Å²) in [5.41, 5.74) is 0.577. The number of aromatic nitrogens is 1. The first-order valence-electron chi connectivity index (χ1n) is 7.63. The zero-order chi connectivity index (χ0) is 13.9. The van der Waals surface area contributed by atoms with Crippen LogP contribution in [-0.2, 0) is 5.54 Å². The monoisotopic (exact) mass is 280 g/mol. The molecule has 1 saturated carbocycles. The minimum Gasteiger partial charge on any atom is -0.306 e. The van der Waals surface area contributed by atoms with Crippen LogP contribution in [0.3, 0.4) is 0 Å². The third kappa shape index (κ3) is 3.38. The Bertz CT molecular complexity index is 380. The number of thiazole rings is 1. The van der Waals surface area contributed by atoms with E-state index in [4.69, 9.17) is 0 Å². The molecular formula is C16H28N2S. The quantitative estimate of drug-likeness (QED) is 0.820. The Morgan fingerprint density at radius 2 is 2.16 bits per heavy atom. The molecule has 0 bridgehead atoms. The molecule has 0 aromatic carbocycles. The summed E-state index contributed by atoms with van der Waals surface area (Å²) in [6.07, 6.45) is 8.41. The van der Waals surface area contributed by atoms with Crippen molar-refractivity contribution in [1.29, 1.82) is 0 Å². The minimum atomic E-state index is 0.142. The fraction of sp³-hybridized carbons (Fsp3) is 0.812. The number of nitrogens with one attached hydrogen (secondary N) is 1. The lowest BCUT2D eigenvalue weighted by molar-refractivity contribution is 0.206. The van der Waals surface area contributed by atoms with Crippen molar-refractivity contribution in [3.63, 3.8) is 0 Å². The molecule has 2 nitrogen and oxygen atoms in total. The van der Waals surface area contributed by atoms with Gasteiger partial charge in [0.2, 0.25) is 0 Å². The van der Waals surface area contributed by atoms with E-state index in [2.05, 4.69) is 43.4 Å². The van der Waals surface area contributed by atoms with E-state index in [-0.39, 0.29) is 5.54 Å². The highest BCUT2D eigenvalue weighted by Crippen LogP contribution is 2.43. The summed E-state index contributed by atoms with van der Waals surface area (Å²) < 4.78 is 0. The van der Waals surface area contributed by atoms with Gasteiger partial charge in [-0.15, -0.1) is 11.3 Å². The summed E-state index contributed by atoms with van der Waals surface area (Å²) in [6.45, 7) is 10.4. The molecule has 0 saturated heterocycles. The van der Waals surface area contributed by atoms with Crippen molar-refractivity contribution >= 4 is 11.3 Å². The van der Waals surface area contributed by atoms with Gasteiger partial charge in [-0.25, -0.2) is 4.98 Å². The van der Waals surface area contributed by atoms with Gasteiger partial charge < -0.3 is 5.32 Å². The molecule has 1 aliphatic carbocycles. The van der Waals surface area contributed by atoms with Crippen LogP contribution in [0.4, 0.5) is 0 Å². The van der Waals surface area contributed by atoms with Crippen LogP contribution >= 0.6 is 11.3 Å². The third-order valence-corrected chi connectivity index (χ3v) is 5.63. The molecule has 1 aromatic rings. The SMILES string of the molecule is CCNC1(c2nccs2)CCCC(C(C)(C)C)CC1. The van der Waals surface area contributed by atoms with E-state index >= 15 is 0 Å². The highest BCUT2D eigenvalue weighted by Gasteiger charge is 2.38. The van der Waals surface area contributed by atoms with Crippen LogP contribution in [0.25, 0.3) is 0 Å². The smallest absolute Gasteiger partial charge is 0.113 e. The van der Waals surface area contributed by atoms with Gasteiger partial charge in [0.1, 0.15) is 5.01 Å². The van der Waals surface area contributed by atoms with Crippen molar-refractivity contribution in [3.05, 3.63) is 16.6 Å². The molecule has 0 amide bonds. The molecule has 1 heterocycles. The zero-order valence-electron chi connectivity index (χ0n) is 12.8. The van der Waals surface area contributed by atoms with Crippen LogP contribution in [0.2, 0.25) is 0 Å². The topological polar surface area (TPSA) is 24.9 Å². The molecule has 1 aromatic heterocycles. The molecule has 3 heteroatoms. The molecule has 2 rings (SSSR count).